The number of nitrogens with zero attached hydrogens (tertiary/aromatic N) is 1. The molecule has 108 valence electrons. The van der Waals surface area contributed by atoms with E-state index in [0.29, 0.717) is 0 Å². The lowest BCUT2D eigenvalue weighted by atomic mass is 10.2. The third-order valence-corrected chi connectivity index (χ3v) is 3.47. The van der Waals surface area contributed by atoms with Crippen LogP contribution in [0.2, 0.25) is 5.02 Å². The standard InChI is InChI=1S/C11H8ClF3N2O2S/c12-5-1-2-7(19-10(15)9(13)14)6(3-5)17-8(18)4-20-11(17)16/h1-3,9-10,16H,4H2. The molecule has 1 aliphatic heterocycles. The van der Waals surface area contributed by atoms with E-state index in [-0.39, 0.29) is 27.4 Å². The molecular weight excluding hydrogens is 317 g/mol. The zero-order chi connectivity index (χ0) is 14.9. The Kier molecular flexibility index (Phi) is 4.44. The van der Waals surface area contributed by atoms with Gasteiger partial charge in [0, 0.05) is 5.02 Å². The quantitative estimate of drug-likeness (QED) is 0.924. The van der Waals surface area contributed by atoms with Gasteiger partial charge >= 0.3 is 6.43 Å². The molecule has 1 atom stereocenters. The van der Waals surface area contributed by atoms with Crippen molar-refractivity contribution in [3.63, 3.8) is 0 Å². The molecular formula is C11H8ClF3N2O2S. The van der Waals surface area contributed by atoms with Crippen molar-refractivity contribution >= 4 is 40.1 Å². The van der Waals surface area contributed by atoms with Gasteiger partial charge in [-0.25, -0.2) is 8.78 Å². The van der Waals surface area contributed by atoms with Gasteiger partial charge in [0.25, 0.3) is 6.36 Å². The maximum Gasteiger partial charge on any atom is 0.304 e. The molecule has 9 heteroatoms. The number of halogens is 4. The highest BCUT2D eigenvalue weighted by molar-refractivity contribution is 8.15. The molecule has 1 aromatic rings. The molecule has 0 spiro atoms. The molecule has 1 N–H and O–H groups in total. The zero-order valence-corrected chi connectivity index (χ0v) is 11.4. The molecule has 1 saturated heterocycles. The lowest BCUT2D eigenvalue weighted by molar-refractivity contribution is -0.115. The predicted octanol–water partition coefficient (Wildman–Crippen LogP) is 3.29. The normalized spacial score (nSPS) is 16.9. The Morgan fingerprint density at radius 2 is 2.10 bits per heavy atom. The number of hydrogen-bond acceptors (Lipinski definition) is 4. The highest BCUT2D eigenvalue weighted by Crippen LogP contribution is 2.36. The van der Waals surface area contributed by atoms with Crippen molar-refractivity contribution in [2.75, 3.05) is 10.7 Å². The molecule has 1 aliphatic rings. The van der Waals surface area contributed by atoms with Crippen LogP contribution in [-0.2, 0) is 4.79 Å². The fourth-order valence-electron chi connectivity index (χ4n) is 1.55. The van der Waals surface area contributed by atoms with Gasteiger partial charge in [-0.05, 0) is 18.2 Å². The smallest absolute Gasteiger partial charge is 0.304 e. The van der Waals surface area contributed by atoms with Gasteiger partial charge in [0.2, 0.25) is 5.91 Å². The fraction of sp³-hybridized carbons (Fsp3) is 0.273. The van der Waals surface area contributed by atoms with Crippen LogP contribution >= 0.6 is 23.4 Å². The number of amides is 1. The van der Waals surface area contributed by atoms with E-state index in [9.17, 15) is 18.0 Å². The molecule has 0 saturated carbocycles. The van der Waals surface area contributed by atoms with Crippen LogP contribution in [0.3, 0.4) is 0 Å². The number of amidine groups is 1. The van der Waals surface area contributed by atoms with Crippen LogP contribution in [-0.4, -0.2) is 29.6 Å². The van der Waals surface area contributed by atoms with Crippen LogP contribution in [0.25, 0.3) is 0 Å². The van der Waals surface area contributed by atoms with Gasteiger partial charge in [-0.2, -0.15) is 4.39 Å². The number of nitrogens with one attached hydrogen (secondary N) is 1. The molecule has 1 fully saturated rings. The van der Waals surface area contributed by atoms with Crippen molar-refractivity contribution in [3.05, 3.63) is 23.2 Å². The average Bonchev–Trinajstić information content (AvgIpc) is 2.71. The third kappa shape index (κ3) is 3.01. The van der Waals surface area contributed by atoms with Gasteiger partial charge in [0.1, 0.15) is 5.75 Å². The number of alkyl halides is 3. The summed E-state index contributed by atoms with van der Waals surface area (Å²) in [5.74, 6) is -0.666. The predicted molar refractivity (Wildman–Crippen MR) is 70.7 cm³/mol. The Labute approximate surface area is 121 Å². The molecule has 0 radical (unpaired) electrons. The molecule has 0 aromatic heterocycles. The van der Waals surface area contributed by atoms with E-state index in [2.05, 4.69) is 4.74 Å². The molecule has 1 amide bonds. The zero-order valence-electron chi connectivity index (χ0n) is 9.78. The topological polar surface area (TPSA) is 53.4 Å². The lowest BCUT2D eigenvalue weighted by Gasteiger charge is -2.20. The van der Waals surface area contributed by atoms with E-state index in [0.717, 1.165) is 16.7 Å². The second-order valence-corrected chi connectivity index (χ2v) is 5.14. The van der Waals surface area contributed by atoms with Crippen LogP contribution in [0, 0.1) is 5.41 Å². The molecule has 1 aromatic carbocycles. The Hall–Kier alpha value is -1.41. The van der Waals surface area contributed by atoms with E-state index in [1.807, 2.05) is 0 Å². The van der Waals surface area contributed by atoms with Crippen LogP contribution in [0.4, 0.5) is 18.9 Å². The number of anilines is 1. The van der Waals surface area contributed by atoms with Gasteiger partial charge in [0.05, 0.1) is 11.4 Å². The van der Waals surface area contributed by atoms with Gasteiger partial charge in [-0.3, -0.25) is 15.1 Å². The summed E-state index contributed by atoms with van der Waals surface area (Å²) in [5.41, 5.74) is -0.0270. The Bertz CT molecular complexity index is 542. The molecule has 2 rings (SSSR count). The fourth-order valence-corrected chi connectivity index (χ4v) is 2.44. The Balaban J connectivity index is 2.38. The van der Waals surface area contributed by atoms with Crippen molar-refractivity contribution < 1.29 is 22.7 Å². The van der Waals surface area contributed by atoms with E-state index in [1.165, 1.54) is 18.2 Å². The minimum atomic E-state index is -3.32. The van der Waals surface area contributed by atoms with Crippen LogP contribution < -0.4 is 9.64 Å². The number of carbonyl (C=O) groups excluding carboxylic acids is 1. The summed E-state index contributed by atoms with van der Waals surface area (Å²) in [6.45, 7) is 0. The summed E-state index contributed by atoms with van der Waals surface area (Å²) in [7, 11) is 0. The van der Waals surface area contributed by atoms with Crippen LogP contribution in [0.15, 0.2) is 18.2 Å². The molecule has 1 heterocycles. The summed E-state index contributed by atoms with van der Waals surface area (Å²) >= 11 is 6.74. The number of benzene rings is 1. The Morgan fingerprint density at radius 3 is 2.65 bits per heavy atom. The highest BCUT2D eigenvalue weighted by atomic mass is 35.5. The summed E-state index contributed by atoms with van der Waals surface area (Å²) in [5, 5.41) is 7.74. The van der Waals surface area contributed by atoms with Gasteiger partial charge in [-0.15, -0.1) is 0 Å². The second kappa shape index (κ2) is 5.92. The van der Waals surface area contributed by atoms with E-state index in [1.54, 1.807) is 0 Å². The third-order valence-electron chi connectivity index (χ3n) is 2.38. The maximum absolute atomic E-state index is 13.0. The number of rotatable bonds is 4. The molecule has 0 aliphatic carbocycles. The minimum absolute atomic E-state index is 0.0270. The summed E-state index contributed by atoms with van der Waals surface area (Å²) < 4.78 is 41.9. The summed E-state index contributed by atoms with van der Waals surface area (Å²) in [6.07, 6.45) is -6.14. The van der Waals surface area contributed by atoms with Crippen molar-refractivity contribution in [1.29, 1.82) is 5.41 Å². The largest absolute Gasteiger partial charge is 0.452 e. The monoisotopic (exact) mass is 324 g/mol. The number of carbonyl (C=O) groups is 1. The summed E-state index contributed by atoms with van der Waals surface area (Å²) in [4.78, 5) is 12.6. The molecule has 20 heavy (non-hydrogen) atoms. The average molecular weight is 325 g/mol. The van der Waals surface area contributed by atoms with Gasteiger partial charge in [0.15, 0.2) is 5.17 Å². The SMILES string of the molecule is N=C1SCC(=O)N1c1cc(Cl)ccc1OC(F)C(F)F. The van der Waals surface area contributed by atoms with E-state index >= 15 is 0 Å². The first-order valence-electron chi connectivity index (χ1n) is 5.33. The van der Waals surface area contributed by atoms with Crippen molar-refractivity contribution in [1.82, 2.24) is 0 Å². The number of ether oxygens (including phenoxy) is 1. The van der Waals surface area contributed by atoms with Gasteiger partial charge in [-0.1, -0.05) is 23.4 Å². The summed E-state index contributed by atoms with van der Waals surface area (Å²) in [6, 6.07) is 3.75. The molecule has 0 bridgehead atoms. The number of thioether (sulfide) groups is 1. The first-order valence-corrected chi connectivity index (χ1v) is 6.69. The second-order valence-electron chi connectivity index (χ2n) is 3.74. The van der Waals surface area contributed by atoms with E-state index < -0.39 is 18.7 Å². The lowest BCUT2D eigenvalue weighted by Crippen LogP contribution is -2.30. The van der Waals surface area contributed by atoms with Crippen molar-refractivity contribution in [2.24, 2.45) is 0 Å². The Morgan fingerprint density at radius 1 is 1.40 bits per heavy atom. The first kappa shape index (κ1) is 15.0. The van der Waals surface area contributed by atoms with Crippen LogP contribution in [0.5, 0.6) is 5.75 Å². The minimum Gasteiger partial charge on any atom is -0.452 e. The highest BCUT2D eigenvalue weighted by Gasteiger charge is 2.32. The van der Waals surface area contributed by atoms with E-state index in [4.69, 9.17) is 17.0 Å². The molecule has 1 unspecified atom stereocenters. The first-order chi connectivity index (χ1) is 9.40. The molecule has 4 nitrogen and oxygen atoms in total. The van der Waals surface area contributed by atoms with Crippen molar-refractivity contribution in [2.45, 2.75) is 12.8 Å². The van der Waals surface area contributed by atoms with Gasteiger partial charge < -0.3 is 4.74 Å². The van der Waals surface area contributed by atoms with Crippen LogP contribution in [0.1, 0.15) is 0 Å². The van der Waals surface area contributed by atoms with Crippen molar-refractivity contribution in [3.8, 4) is 5.75 Å². The maximum atomic E-state index is 13.0. The number of hydrogen-bond donors (Lipinski definition) is 1.